The van der Waals surface area contributed by atoms with Gasteiger partial charge in [0.1, 0.15) is 0 Å². The molecule has 1 aromatic rings. The summed E-state index contributed by atoms with van der Waals surface area (Å²) in [5, 5.41) is 3.44. The maximum Gasteiger partial charge on any atom is 0.0205 e. The molecule has 0 aromatic heterocycles. The maximum atomic E-state index is 3.74. The normalized spacial score (nSPS) is 10.7. The van der Waals surface area contributed by atoms with E-state index in [9.17, 15) is 0 Å². The van der Waals surface area contributed by atoms with Gasteiger partial charge in [0.05, 0.1) is 0 Å². The molecule has 88 valence electrons. The molecule has 16 heavy (non-hydrogen) atoms. The average Bonchev–Trinajstić information content (AvgIpc) is 2.29. The summed E-state index contributed by atoms with van der Waals surface area (Å²) in [6.07, 6.45) is 3.06. The third-order valence-corrected chi connectivity index (χ3v) is 2.50. The van der Waals surface area contributed by atoms with Crippen LogP contribution in [0, 0.1) is 0 Å². The Morgan fingerprint density at radius 3 is 2.50 bits per heavy atom. The smallest absolute Gasteiger partial charge is 0.0205 e. The van der Waals surface area contributed by atoms with E-state index in [1.54, 1.807) is 0 Å². The van der Waals surface area contributed by atoms with E-state index < -0.39 is 0 Å². The third kappa shape index (κ3) is 5.10. The molecule has 1 aromatic carbocycles. The molecule has 2 heteroatoms. The van der Waals surface area contributed by atoms with Gasteiger partial charge in [0, 0.05) is 6.54 Å². The first kappa shape index (κ1) is 12.9. The summed E-state index contributed by atoms with van der Waals surface area (Å²) in [4.78, 5) is 2.21. The van der Waals surface area contributed by atoms with Gasteiger partial charge in [-0.3, -0.25) is 0 Å². The topological polar surface area (TPSA) is 15.3 Å². The molecule has 1 rings (SSSR count). The van der Waals surface area contributed by atoms with Gasteiger partial charge in [-0.15, -0.1) is 0 Å². The molecule has 0 saturated heterocycles. The Labute approximate surface area is 99.0 Å². The third-order valence-electron chi connectivity index (χ3n) is 2.50. The van der Waals surface area contributed by atoms with Crippen LogP contribution in [0.4, 0.5) is 0 Å². The average molecular weight is 218 g/mol. The number of hydrogen-bond acceptors (Lipinski definition) is 2. The number of hydrogen-bond donors (Lipinski definition) is 1. The van der Waals surface area contributed by atoms with Crippen LogP contribution in [0.15, 0.2) is 30.8 Å². The zero-order valence-electron chi connectivity index (χ0n) is 10.4. The summed E-state index contributed by atoms with van der Waals surface area (Å²) >= 11 is 0. The molecule has 0 aliphatic heterocycles. The van der Waals surface area contributed by atoms with E-state index in [1.807, 2.05) is 6.08 Å². The van der Waals surface area contributed by atoms with Crippen LogP contribution >= 0.6 is 0 Å². The maximum absolute atomic E-state index is 3.74. The van der Waals surface area contributed by atoms with Crippen molar-refractivity contribution in [1.82, 2.24) is 10.2 Å². The lowest BCUT2D eigenvalue weighted by molar-refractivity contribution is 0.394. The van der Waals surface area contributed by atoms with Gasteiger partial charge < -0.3 is 10.2 Å². The fourth-order valence-electron chi connectivity index (χ4n) is 1.52. The van der Waals surface area contributed by atoms with Gasteiger partial charge in [0.25, 0.3) is 0 Å². The predicted octanol–water partition coefficient (Wildman–Crippen LogP) is 2.37. The minimum atomic E-state index is 0.949. The Morgan fingerprint density at radius 1 is 1.25 bits per heavy atom. The minimum absolute atomic E-state index is 0.949. The number of nitrogens with zero attached hydrogens (tertiary/aromatic N) is 1. The van der Waals surface area contributed by atoms with Crippen LogP contribution in [0.25, 0.3) is 6.08 Å². The van der Waals surface area contributed by atoms with Gasteiger partial charge in [-0.2, -0.15) is 0 Å². The molecule has 2 nitrogen and oxygen atoms in total. The monoisotopic (exact) mass is 218 g/mol. The molecule has 0 aliphatic rings. The van der Waals surface area contributed by atoms with Crippen molar-refractivity contribution in [3.63, 3.8) is 0 Å². The lowest BCUT2D eigenvalue weighted by Gasteiger charge is -2.09. The number of benzene rings is 1. The molecule has 0 saturated carbocycles. The van der Waals surface area contributed by atoms with Crippen molar-refractivity contribution in [2.45, 2.75) is 13.0 Å². The Hall–Kier alpha value is -1.12. The number of rotatable bonds is 7. The zero-order chi connectivity index (χ0) is 11.8. The highest BCUT2D eigenvalue weighted by Crippen LogP contribution is 2.04. The van der Waals surface area contributed by atoms with Crippen molar-refractivity contribution in [2.24, 2.45) is 0 Å². The second kappa shape index (κ2) is 7.20. The van der Waals surface area contributed by atoms with Gasteiger partial charge in [-0.25, -0.2) is 0 Å². The van der Waals surface area contributed by atoms with Crippen LogP contribution < -0.4 is 5.32 Å². The highest BCUT2D eigenvalue weighted by Gasteiger charge is 1.93. The molecule has 0 heterocycles. The molecule has 0 bridgehead atoms. The van der Waals surface area contributed by atoms with Gasteiger partial charge in [0.2, 0.25) is 0 Å². The van der Waals surface area contributed by atoms with E-state index in [2.05, 4.69) is 55.2 Å². The molecule has 0 atom stereocenters. The van der Waals surface area contributed by atoms with E-state index >= 15 is 0 Å². The molecular weight excluding hydrogens is 196 g/mol. The summed E-state index contributed by atoms with van der Waals surface area (Å²) in [7, 11) is 4.21. The first-order valence-electron chi connectivity index (χ1n) is 5.79. The SMILES string of the molecule is C=Cc1ccc(CNCCCN(C)C)cc1. The summed E-state index contributed by atoms with van der Waals surface area (Å²) in [5.41, 5.74) is 2.51. The van der Waals surface area contributed by atoms with Crippen molar-refractivity contribution in [3.8, 4) is 0 Å². The van der Waals surface area contributed by atoms with Crippen LogP contribution in [-0.4, -0.2) is 32.1 Å². The highest BCUT2D eigenvalue weighted by molar-refractivity contribution is 5.47. The van der Waals surface area contributed by atoms with E-state index in [0.717, 1.165) is 19.6 Å². The van der Waals surface area contributed by atoms with E-state index in [0.29, 0.717) is 0 Å². The largest absolute Gasteiger partial charge is 0.313 e. The van der Waals surface area contributed by atoms with Gasteiger partial charge in [-0.1, -0.05) is 36.9 Å². The van der Waals surface area contributed by atoms with Crippen molar-refractivity contribution < 1.29 is 0 Å². The van der Waals surface area contributed by atoms with Crippen molar-refractivity contribution in [1.29, 1.82) is 0 Å². The zero-order valence-corrected chi connectivity index (χ0v) is 10.4. The first-order chi connectivity index (χ1) is 7.72. The van der Waals surface area contributed by atoms with Crippen LogP contribution in [0.2, 0.25) is 0 Å². The molecule has 0 aliphatic carbocycles. The summed E-state index contributed by atoms with van der Waals surface area (Å²) in [6, 6.07) is 8.50. The first-order valence-corrected chi connectivity index (χ1v) is 5.79. The fourth-order valence-corrected chi connectivity index (χ4v) is 1.52. The highest BCUT2D eigenvalue weighted by atomic mass is 15.0. The molecule has 0 fully saturated rings. The molecule has 1 N–H and O–H groups in total. The Bertz CT molecular complexity index is 301. The van der Waals surface area contributed by atoms with Crippen molar-refractivity contribution in [3.05, 3.63) is 42.0 Å². The molecule has 0 amide bonds. The number of nitrogens with one attached hydrogen (secondary N) is 1. The van der Waals surface area contributed by atoms with Crippen LogP contribution in [0.3, 0.4) is 0 Å². The lowest BCUT2D eigenvalue weighted by atomic mass is 10.1. The standard InChI is InChI=1S/C14H22N2/c1-4-13-6-8-14(9-7-13)12-15-10-5-11-16(2)3/h4,6-9,15H,1,5,10-12H2,2-3H3. The summed E-state index contributed by atoms with van der Waals surface area (Å²) in [5.74, 6) is 0. The minimum Gasteiger partial charge on any atom is -0.313 e. The Kier molecular flexibility index (Phi) is 5.83. The molecule has 0 spiro atoms. The predicted molar refractivity (Wildman–Crippen MR) is 71.4 cm³/mol. The van der Waals surface area contributed by atoms with Crippen LogP contribution in [-0.2, 0) is 6.54 Å². The van der Waals surface area contributed by atoms with E-state index in [1.165, 1.54) is 17.5 Å². The Morgan fingerprint density at radius 2 is 1.94 bits per heavy atom. The second-order valence-corrected chi connectivity index (χ2v) is 4.28. The van der Waals surface area contributed by atoms with Crippen molar-refractivity contribution in [2.75, 3.05) is 27.2 Å². The van der Waals surface area contributed by atoms with Crippen LogP contribution in [0.1, 0.15) is 17.5 Å². The Balaban J connectivity index is 2.19. The van der Waals surface area contributed by atoms with Crippen LogP contribution in [0.5, 0.6) is 0 Å². The molecule has 0 radical (unpaired) electrons. The van der Waals surface area contributed by atoms with Gasteiger partial charge in [0.15, 0.2) is 0 Å². The van der Waals surface area contributed by atoms with Gasteiger partial charge in [-0.05, 0) is 44.7 Å². The van der Waals surface area contributed by atoms with Gasteiger partial charge >= 0.3 is 0 Å². The summed E-state index contributed by atoms with van der Waals surface area (Å²) < 4.78 is 0. The fraction of sp³-hybridized carbons (Fsp3) is 0.429. The quantitative estimate of drug-likeness (QED) is 0.707. The molecular formula is C14H22N2. The lowest BCUT2D eigenvalue weighted by Crippen LogP contribution is -2.20. The van der Waals surface area contributed by atoms with E-state index in [4.69, 9.17) is 0 Å². The van der Waals surface area contributed by atoms with E-state index in [-0.39, 0.29) is 0 Å². The molecule has 0 unspecified atom stereocenters. The second-order valence-electron chi connectivity index (χ2n) is 4.28. The summed E-state index contributed by atoms with van der Waals surface area (Å²) in [6.45, 7) is 6.90. The van der Waals surface area contributed by atoms with Crippen molar-refractivity contribution >= 4 is 6.08 Å².